The van der Waals surface area contributed by atoms with E-state index >= 15 is 0 Å². The first-order valence-corrected chi connectivity index (χ1v) is 10.1. The molecule has 0 saturated heterocycles. The minimum absolute atomic E-state index is 0.520. The highest BCUT2D eigenvalue weighted by atomic mass is 32.2. The van der Waals surface area contributed by atoms with E-state index in [-0.39, 0.29) is 0 Å². The standard InChI is InChI=1S/C20H22N2S/c1-2-5-12(6-3-1)23-16-10-11-9-15(16)18-17(11)19-13-7-4-8-14(13)20(18)22-21-19/h1-7,11,13-20H,8-10H2/t11-,13+,14-,15-,16+,17+,18+,19-,20-/m0/s1. The van der Waals surface area contributed by atoms with E-state index in [9.17, 15) is 0 Å². The lowest BCUT2D eigenvalue weighted by Gasteiger charge is -2.52. The smallest absolute Gasteiger partial charge is 0.0808 e. The van der Waals surface area contributed by atoms with E-state index in [4.69, 9.17) is 10.2 Å². The number of nitrogens with zero attached hydrogens (tertiary/aromatic N) is 2. The number of azo groups is 1. The van der Waals surface area contributed by atoms with Crippen molar-refractivity contribution in [2.45, 2.75) is 41.5 Å². The van der Waals surface area contributed by atoms with Gasteiger partial charge in [0, 0.05) is 16.1 Å². The Hall–Kier alpha value is -1.09. The van der Waals surface area contributed by atoms with Gasteiger partial charge in [0.2, 0.25) is 0 Å². The van der Waals surface area contributed by atoms with E-state index in [1.165, 1.54) is 24.2 Å². The fourth-order valence-electron chi connectivity index (χ4n) is 6.63. The fourth-order valence-corrected chi connectivity index (χ4v) is 8.10. The Morgan fingerprint density at radius 2 is 1.78 bits per heavy atom. The summed E-state index contributed by atoms with van der Waals surface area (Å²) in [5, 5.41) is 10.4. The Morgan fingerprint density at radius 3 is 2.70 bits per heavy atom. The summed E-state index contributed by atoms with van der Waals surface area (Å²) >= 11 is 2.13. The highest BCUT2D eigenvalue weighted by Crippen LogP contribution is 2.66. The van der Waals surface area contributed by atoms with Gasteiger partial charge >= 0.3 is 0 Å². The van der Waals surface area contributed by atoms with Gasteiger partial charge < -0.3 is 0 Å². The lowest BCUT2D eigenvalue weighted by Crippen LogP contribution is -2.55. The molecule has 0 amide bonds. The molecule has 2 nitrogen and oxygen atoms in total. The summed E-state index contributed by atoms with van der Waals surface area (Å²) in [5.74, 6) is 4.97. The van der Waals surface area contributed by atoms with Crippen molar-refractivity contribution in [1.29, 1.82) is 0 Å². The van der Waals surface area contributed by atoms with Crippen LogP contribution < -0.4 is 0 Å². The van der Waals surface area contributed by atoms with Gasteiger partial charge in [0.25, 0.3) is 0 Å². The second-order valence-electron chi connectivity index (χ2n) is 8.14. The Bertz CT molecular complexity index is 684. The van der Waals surface area contributed by atoms with E-state index in [0.29, 0.717) is 12.1 Å². The predicted molar refractivity (Wildman–Crippen MR) is 92.5 cm³/mol. The zero-order valence-electron chi connectivity index (χ0n) is 13.2. The molecule has 23 heavy (non-hydrogen) atoms. The monoisotopic (exact) mass is 322 g/mol. The molecule has 1 aromatic rings. The van der Waals surface area contributed by atoms with Gasteiger partial charge in [-0.25, -0.2) is 0 Å². The van der Waals surface area contributed by atoms with Crippen molar-refractivity contribution in [3.05, 3.63) is 42.5 Å². The molecule has 0 spiro atoms. The molecule has 118 valence electrons. The van der Waals surface area contributed by atoms with Crippen molar-refractivity contribution in [1.82, 2.24) is 0 Å². The van der Waals surface area contributed by atoms with Crippen molar-refractivity contribution >= 4 is 11.8 Å². The van der Waals surface area contributed by atoms with Crippen molar-refractivity contribution in [3.8, 4) is 0 Å². The number of rotatable bonds is 2. The largest absolute Gasteiger partial charge is 0.190 e. The molecule has 3 fully saturated rings. The summed E-state index contributed by atoms with van der Waals surface area (Å²) in [4.78, 5) is 1.45. The Labute approximate surface area is 141 Å². The Kier molecular flexibility index (Phi) is 2.71. The zero-order chi connectivity index (χ0) is 15.0. The SMILES string of the molecule is C1=C[C@@H]2[C@H](C1)[C@@H]1N=N[C@@H]2[C@@H]2[C@H]3C[C@H]([C@@H]12)[C@H](Sc1ccccc1)C3. The van der Waals surface area contributed by atoms with Gasteiger partial charge in [-0.05, 0) is 61.0 Å². The number of allylic oxidation sites excluding steroid dienone is 1. The van der Waals surface area contributed by atoms with Crippen LogP contribution in [0.15, 0.2) is 57.6 Å². The second kappa shape index (κ2) is 4.72. The molecular formula is C20H22N2S. The quantitative estimate of drug-likeness (QED) is 0.716. The van der Waals surface area contributed by atoms with Gasteiger partial charge in [-0.1, -0.05) is 30.4 Å². The van der Waals surface area contributed by atoms with Gasteiger partial charge in [-0.3, -0.25) is 0 Å². The van der Waals surface area contributed by atoms with Crippen molar-refractivity contribution in [2.24, 2.45) is 45.7 Å². The molecule has 9 atom stereocenters. The molecule has 0 radical (unpaired) electrons. The van der Waals surface area contributed by atoms with Crippen LogP contribution >= 0.6 is 11.8 Å². The Morgan fingerprint density at radius 1 is 0.913 bits per heavy atom. The molecule has 0 aromatic heterocycles. The average Bonchev–Trinajstić information content (AvgIpc) is 3.31. The van der Waals surface area contributed by atoms with Crippen LogP contribution in [0.2, 0.25) is 0 Å². The topological polar surface area (TPSA) is 24.7 Å². The van der Waals surface area contributed by atoms with Gasteiger partial charge in [-0.2, -0.15) is 10.2 Å². The molecule has 2 aliphatic heterocycles. The van der Waals surface area contributed by atoms with Crippen LogP contribution in [0.3, 0.4) is 0 Å². The fraction of sp³-hybridized carbons (Fsp3) is 0.600. The second-order valence-corrected chi connectivity index (χ2v) is 9.45. The molecule has 3 saturated carbocycles. The van der Waals surface area contributed by atoms with Gasteiger partial charge in [0.1, 0.15) is 0 Å². The third kappa shape index (κ3) is 1.72. The minimum atomic E-state index is 0.520. The van der Waals surface area contributed by atoms with Crippen LogP contribution in [0.1, 0.15) is 19.3 Å². The van der Waals surface area contributed by atoms with Crippen molar-refractivity contribution in [2.75, 3.05) is 0 Å². The summed E-state index contributed by atoms with van der Waals surface area (Å²) in [7, 11) is 0. The third-order valence-electron chi connectivity index (χ3n) is 7.32. The summed E-state index contributed by atoms with van der Waals surface area (Å²) in [5.41, 5.74) is 0. The highest BCUT2D eigenvalue weighted by molar-refractivity contribution is 8.00. The van der Waals surface area contributed by atoms with Crippen LogP contribution in [-0.2, 0) is 0 Å². The summed E-state index contributed by atoms with van der Waals surface area (Å²) in [6.45, 7) is 0. The Balaban J connectivity index is 1.31. The summed E-state index contributed by atoms with van der Waals surface area (Å²) in [6.07, 6.45) is 8.98. The summed E-state index contributed by atoms with van der Waals surface area (Å²) < 4.78 is 0. The lowest BCUT2D eigenvalue weighted by atomic mass is 9.58. The minimum Gasteiger partial charge on any atom is -0.190 e. The normalized spacial score (nSPS) is 51.2. The molecule has 0 unspecified atom stereocenters. The number of hydrogen-bond acceptors (Lipinski definition) is 3. The van der Waals surface area contributed by atoms with E-state index in [1.807, 2.05) is 0 Å². The molecule has 7 rings (SSSR count). The molecule has 4 aliphatic carbocycles. The number of benzene rings is 1. The molecule has 1 aromatic carbocycles. The van der Waals surface area contributed by atoms with Crippen LogP contribution in [0, 0.1) is 35.5 Å². The molecule has 3 heteroatoms. The van der Waals surface area contributed by atoms with E-state index in [0.717, 1.165) is 40.8 Å². The molecule has 6 aliphatic rings. The number of thioether (sulfide) groups is 1. The number of fused-ring (bicyclic) bond motifs is 2. The van der Waals surface area contributed by atoms with Gasteiger partial charge in [-0.15, -0.1) is 11.8 Å². The lowest BCUT2D eigenvalue weighted by molar-refractivity contribution is 0.0202. The molecule has 2 heterocycles. The maximum absolute atomic E-state index is 4.82. The first-order valence-electron chi connectivity index (χ1n) is 9.18. The number of hydrogen-bond donors (Lipinski definition) is 0. The highest BCUT2D eigenvalue weighted by Gasteiger charge is 2.65. The molecule has 0 N–H and O–H groups in total. The average molecular weight is 322 g/mol. The van der Waals surface area contributed by atoms with Crippen LogP contribution in [0.5, 0.6) is 0 Å². The third-order valence-corrected chi connectivity index (χ3v) is 8.71. The van der Waals surface area contributed by atoms with Crippen LogP contribution in [0.25, 0.3) is 0 Å². The summed E-state index contributed by atoms with van der Waals surface area (Å²) in [6, 6.07) is 12.1. The van der Waals surface area contributed by atoms with Gasteiger partial charge in [0.05, 0.1) is 12.1 Å². The van der Waals surface area contributed by atoms with Crippen molar-refractivity contribution in [3.63, 3.8) is 0 Å². The van der Waals surface area contributed by atoms with E-state index < -0.39 is 0 Å². The maximum atomic E-state index is 4.82. The predicted octanol–water partition coefficient (Wildman–Crippen LogP) is 4.83. The van der Waals surface area contributed by atoms with Crippen LogP contribution in [-0.4, -0.2) is 17.3 Å². The van der Waals surface area contributed by atoms with Crippen LogP contribution in [0.4, 0.5) is 0 Å². The molecule has 4 bridgehead atoms. The van der Waals surface area contributed by atoms with E-state index in [2.05, 4.69) is 54.2 Å². The van der Waals surface area contributed by atoms with Gasteiger partial charge in [0.15, 0.2) is 0 Å². The van der Waals surface area contributed by atoms with E-state index in [1.54, 1.807) is 0 Å². The first kappa shape index (κ1) is 13.2. The molecular weight excluding hydrogens is 300 g/mol. The zero-order valence-corrected chi connectivity index (χ0v) is 14.0. The van der Waals surface area contributed by atoms with Crippen molar-refractivity contribution < 1.29 is 0 Å². The maximum Gasteiger partial charge on any atom is 0.0808 e. The first-order chi connectivity index (χ1) is 11.4.